The number of aliphatic hydroxyl groups is 2. The molecule has 0 saturated heterocycles. The van der Waals surface area contributed by atoms with Crippen LogP contribution >= 0.6 is 11.3 Å². The van der Waals surface area contributed by atoms with Crippen LogP contribution in [0, 0.1) is 30.1 Å². The van der Waals surface area contributed by atoms with Crippen LogP contribution in [0.1, 0.15) is 35.0 Å². The molecule has 0 aromatic carbocycles. The Labute approximate surface area is 177 Å². The molecule has 2 unspecified atom stereocenters. The van der Waals surface area contributed by atoms with Gasteiger partial charge >= 0.3 is 0 Å². The molecule has 2 fully saturated rings. The SMILES string of the molecule is CNc1nc(C#Cc2ccc(C)s2)nc2c1ncn2[C@@H]1C2C[C@]2(C(C)=O)C(O)[C@H]1O. The molecule has 3 aromatic heterocycles. The van der Waals surface area contributed by atoms with Gasteiger partial charge in [-0.1, -0.05) is 0 Å². The minimum atomic E-state index is -1.09. The van der Waals surface area contributed by atoms with Crippen molar-refractivity contribution in [1.82, 2.24) is 19.5 Å². The first kappa shape index (κ1) is 19.2. The molecule has 5 rings (SSSR count). The lowest BCUT2D eigenvalue weighted by atomic mass is 9.95. The summed E-state index contributed by atoms with van der Waals surface area (Å²) in [5.41, 5.74) is 0.209. The van der Waals surface area contributed by atoms with Gasteiger partial charge in [0.05, 0.1) is 28.8 Å². The molecule has 3 aromatic rings. The lowest BCUT2D eigenvalue weighted by Gasteiger charge is -2.23. The maximum absolute atomic E-state index is 12.2. The molecule has 154 valence electrons. The van der Waals surface area contributed by atoms with E-state index >= 15 is 0 Å². The van der Waals surface area contributed by atoms with Crippen LogP contribution in [0.4, 0.5) is 5.82 Å². The second-order valence-corrected chi connectivity index (χ2v) is 9.25. The van der Waals surface area contributed by atoms with Crippen LogP contribution in [0.15, 0.2) is 18.5 Å². The number of nitrogens with zero attached hydrogens (tertiary/aromatic N) is 4. The van der Waals surface area contributed by atoms with Gasteiger partial charge in [0.2, 0.25) is 5.82 Å². The van der Waals surface area contributed by atoms with Crippen molar-refractivity contribution in [3.05, 3.63) is 34.0 Å². The molecular formula is C21H21N5O3S. The maximum Gasteiger partial charge on any atom is 0.209 e. The zero-order valence-corrected chi connectivity index (χ0v) is 17.6. The highest BCUT2D eigenvalue weighted by molar-refractivity contribution is 7.12. The van der Waals surface area contributed by atoms with Gasteiger partial charge in [-0.3, -0.25) is 4.79 Å². The second kappa shape index (κ2) is 6.60. The van der Waals surface area contributed by atoms with Gasteiger partial charge in [0, 0.05) is 11.9 Å². The van der Waals surface area contributed by atoms with Crippen molar-refractivity contribution in [1.29, 1.82) is 0 Å². The number of nitrogens with one attached hydrogen (secondary N) is 1. The predicted octanol–water partition coefficient (Wildman–Crippen LogP) is 1.51. The number of carbonyl (C=O) groups excluding carboxylic acids is 1. The Morgan fingerprint density at radius 1 is 1.33 bits per heavy atom. The van der Waals surface area contributed by atoms with Crippen LogP contribution in [-0.4, -0.2) is 54.8 Å². The number of hydrogen-bond acceptors (Lipinski definition) is 8. The van der Waals surface area contributed by atoms with Gasteiger partial charge in [0.15, 0.2) is 17.0 Å². The Morgan fingerprint density at radius 2 is 2.13 bits per heavy atom. The van der Waals surface area contributed by atoms with Gasteiger partial charge in [-0.25, -0.2) is 15.0 Å². The lowest BCUT2D eigenvalue weighted by molar-refractivity contribution is -0.128. The first-order valence-corrected chi connectivity index (χ1v) is 10.6. The number of carbonyl (C=O) groups is 1. The fourth-order valence-corrected chi connectivity index (χ4v) is 5.48. The maximum atomic E-state index is 12.2. The van der Waals surface area contributed by atoms with E-state index in [0.717, 1.165) is 4.88 Å². The van der Waals surface area contributed by atoms with Gasteiger partial charge in [-0.15, -0.1) is 11.3 Å². The summed E-state index contributed by atoms with van der Waals surface area (Å²) in [4.78, 5) is 27.7. The van der Waals surface area contributed by atoms with E-state index in [1.165, 1.54) is 11.8 Å². The van der Waals surface area contributed by atoms with Crippen molar-refractivity contribution >= 4 is 34.1 Å². The topological polar surface area (TPSA) is 113 Å². The summed E-state index contributed by atoms with van der Waals surface area (Å²) in [6, 6.07) is 3.49. The minimum Gasteiger partial charge on any atom is -0.389 e. The Hall–Kier alpha value is -2.80. The van der Waals surface area contributed by atoms with E-state index in [2.05, 4.69) is 32.1 Å². The van der Waals surface area contributed by atoms with Crippen LogP contribution < -0.4 is 5.32 Å². The van der Waals surface area contributed by atoms with Crippen LogP contribution in [0.2, 0.25) is 0 Å². The molecule has 0 aliphatic heterocycles. The molecule has 0 bridgehead atoms. The highest BCUT2D eigenvalue weighted by atomic mass is 32.1. The molecule has 3 N–H and O–H groups in total. The monoisotopic (exact) mass is 423 g/mol. The molecule has 2 saturated carbocycles. The number of anilines is 1. The molecule has 30 heavy (non-hydrogen) atoms. The third-order valence-electron chi connectivity index (χ3n) is 6.35. The van der Waals surface area contributed by atoms with E-state index in [4.69, 9.17) is 0 Å². The number of thiophene rings is 1. The fourth-order valence-electron chi connectivity index (χ4n) is 4.76. The van der Waals surface area contributed by atoms with E-state index in [1.54, 1.807) is 29.3 Å². The standard InChI is InChI=1S/C21H21N5O3S/c1-10-4-5-12(30-10)6-7-14-24-19(22-3)15-20(25-14)26(9-23-15)16-13-8-21(13,11(2)27)18(29)17(16)28/h4-5,9,13,16-18,28-29H,8H2,1-3H3,(H,22,24,25)/t13?,16-,17+,18?,21-/m1/s1. The number of Topliss-reactive ketones (excluding diaryl/α,β-unsaturated/α-hetero) is 1. The summed E-state index contributed by atoms with van der Waals surface area (Å²) in [6.45, 7) is 3.50. The van der Waals surface area contributed by atoms with E-state index < -0.39 is 23.7 Å². The summed E-state index contributed by atoms with van der Waals surface area (Å²) in [7, 11) is 1.75. The average molecular weight is 423 g/mol. The van der Waals surface area contributed by atoms with E-state index in [-0.39, 0.29) is 11.7 Å². The normalized spacial score (nSPS) is 29.4. The van der Waals surface area contributed by atoms with Crippen LogP contribution in [0.3, 0.4) is 0 Å². The largest absolute Gasteiger partial charge is 0.389 e. The van der Waals surface area contributed by atoms with Crippen LogP contribution in [-0.2, 0) is 4.79 Å². The van der Waals surface area contributed by atoms with E-state index in [1.807, 2.05) is 19.1 Å². The summed E-state index contributed by atoms with van der Waals surface area (Å²) in [5, 5.41) is 24.3. The van der Waals surface area contributed by atoms with Gasteiger partial charge in [0.25, 0.3) is 0 Å². The fraction of sp³-hybridized carbons (Fsp3) is 0.429. The summed E-state index contributed by atoms with van der Waals surface area (Å²) < 4.78 is 1.76. The molecule has 8 nitrogen and oxygen atoms in total. The van der Waals surface area contributed by atoms with Gasteiger partial charge < -0.3 is 20.1 Å². The number of aromatic nitrogens is 4. The zero-order valence-electron chi connectivity index (χ0n) is 16.7. The van der Waals surface area contributed by atoms with Gasteiger partial charge in [0.1, 0.15) is 11.9 Å². The molecular weight excluding hydrogens is 402 g/mol. The Kier molecular flexibility index (Phi) is 4.22. The quantitative estimate of drug-likeness (QED) is 0.547. The molecule has 0 radical (unpaired) electrons. The van der Waals surface area contributed by atoms with Crippen molar-refractivity contribution in [2.75, 3.05) is 12.4 Å². The third kappa shape index (κ3) is 2.61. The van der Waals surface area contributed by atoms with Crippen LogP contribution in [0.25, 0.3) is 11.2 Å². The number of aliphatic hydroxyl groups excluding tert-OH is 2. The highest BCUT2D eigenvalue weighted by Crippen LogP contribution is 2.68. The zero-order chi connectivity index (χ0) is 21.2. The highest BCUT2D eigenvalue weighted by Gasteiger charge is 2.74. The number of hydrogen-bond donors (Lipinski definition) is 3. The molecule has 9 heteroatoms. The van der Waals surface area contributed by atoms with E-state index in [9.17, 15) is 15.0 Å². The number of rotatable bonds is 3. The molecule has 2 aliphatic rings. The Morgan fingerprint density at radius 3 is 2.77 bits per heavy atom. The molecule has 3 heterocycles. The van der Waals surface area contributed by atoms with Crippen LogP contribution in [0.5, 0.6) is 0 Å². The Bertz CT molecular complexity index is 1240. The number of imidazole rings is 1. The lowest BCUT2D eigenvalue weighted by Crippen LogP contribution is -2.36. The first-order valence-electron chi connectivity index (χ1n) is 9.74. The Balaban J connectivity index is 1.59. The third-order valence-corrected chi connectivity index (χ3v) is 7.26. The summed E-state index contributed by atoms with van der Waals surface area (Å²) >= 11 is 1.60. The smallest absolute Gasteiger partial charge is 0.209 e. The number of ketones is 1. The second-order valence-electron chi connectivity index (χ2n) is 7.96. The summed E-state index contributed by atoms with van der Waals surface area (Å²) in [5.74, 6) is 6.73. The van der Waals surface area contributed by atoms with E-state index in [0.29, 0.717) is 29.2 Å². The van der Waals surface area contributed by atoms with Crippen molar-refractivity contribution in [3.63, 3.8) is 0 Å². The molecule has 0 spiro atoms. The average Bonchev–Trinajstić information content (AvgIpc) is 2.98. The molecule has 5 atom stereocenters. The first-order chi connectivity index (χ1) is 14.4. The van der Waals surface area contributed by atoms with Crippen molar-refractivity contribution < 1.29 is 15.0 Å². The number of aryl methyl sites for hydroxylation is 1. The predicted molar refractivity (Wildman–Crippen MR) is 112 cm³/mol. The molecule has 0 amide bonds. The van der Waals surface area contributed by atoms with Gasteiger partial charge in [-0.05, 0) is 50.2 Å². The van der Waals surface area contributed by atoms with Crippen molar-refractivity contribution in [2.24, 2.45) is 11.3 Å². The minimum absolute atomic E-state index is 0.0886. The van der Waals surface area contributed by atoms with Crippen molar-refractivity contribution in [3.8, 4) is 11.8 Å². The van der Waals surface area contributed by atoms with Gasteiger partial charge in [-0.2, -0.15) is 0 Å². The number of fused-ring (bicyclic) bond motifs is 2. The van der Waals surface area contributed by atoms with Crippen molar-refractivity contribution in [2.45, 2.75) is 38.5 Å². The summed E-state index contributed by atoms with van der Waals surface area (Å²) in [6.07, 6.45) is -0.00917. The molecule has 2 aliphatic carbocycles.